The van der Waals surface area contributed by atoms with Gasteiger partial charge in [0.05, 0.1) is 18.6 Å². The summed E-state index contributed by atoms with van der Waals surface area (Å²) in [6.07, 6.45) is 7.55. The Bertz CT molecular complexity index is 1360. The van der Waals surface area contributed by atoms with Gasteiger partial charge in [0.15, 0.2) is 0 Å². The number of amides is 2. The zero-order chi connectivity index (χ0) is 27.4. The number of benzene rings is 2. The summed E-state index contributed by atoms with van der Waals surface area (Å²) in [6.45, 7) is 1.80. The Balaban J connectivity index is 1.55. The molecule has 0 saturated carbocycles. The van der Waals surface area contributed by atoms with E-state index in [9.17, 15) is 19.5 Å². The highest BCUT2D eigenvalue weighted by Gasteiger charge is 2.76. The normalized spacial score (nSPS) is 32.3. The van der Waals surface area contributed by atoms with Gasteiger partial charge >= 0.3 is 5.97 Å². The topological polar surface area (TPSA) is 96.4 Å². The molecule has 9 heteroatoms. The summed E-state index contributed by atoms with van der Waals surface area (Å²) >= 11 is 6.11. The lowest BCUT2D eigenvalue weighted by Crippen LogP contribution is -2.57. The van der Waals surface area contributed by atoms with Gasteiger partial charge in [-0.15, -0.1) is 0 Å². The number of hydrogen-bond acceptors (Lipinski definition) is 6. The summed E-state index contributed by atoms with van der Waals surface area (Å²) in [5.74, 6) is -3.28. The lowest BCUT2D eigenvalue weighted by molar-refractivity contribution is -0.159. The van der Waals surface area contributed by atoms with Gasteiger partial charge < -0.3 is 24.4 Å². The number of esters is 1. The van der Waals surface area contributed by atoms with Gasteiger partial charge in [0.25, 0.3) is 5.91 Å². The van der Waals surface area contributed by atoms with Crippen LogP contribution in [0, 0.1) is 11.8 Å². The molecule has 6 rings (SSSR count). The number of carbonyl (C=O) groups is 3. The number of cyclic esters (lactones) is 1. The van der Waals surface area contributed by atoms with Gasteiger partial charge in [0.2, 0.25) is 5.91 Å². The molecule has 2 amide bonds. The van der Waals surface area contributed by atoms with E-state index in [0.717, 1.165) is 0 Å². The van der Waals surface area contributed by atoms with Gasteiger partial charge in [-0.25, -0.2) is 0 Å². The van der Waals surface area contributed by atoms with Crippen molar-refractivity contribution < 1.29 is 29.0 Å². The number of hydrogen-bond donors (Lipinski definition) is 1. The third-order valence-corrected chi connectivity index (χ3v) is 8.72. The predicted molar refractivity (Wildman–Crippen MR) is 144 cm³/mol. The minimum absolute atomic E-state index is 0.0872. The van der Waals surface area contributed by atoms with Gasteiger partial charge in [-0.2, -0.15) is 0 Å². The second-order valence-corrected chi connectivity index (χ2v) is 10.8. The van der Waals surface area contributed by atoms with Crippen molar-refractivity contribution >= 4 is 35.1 Å². The number of carbonyl (C=O) groups excluding carboxylic acids is 3. The van der Waals surface area contributed by atoms with Crippen LogP contribution in [-0.4, -0.2) is 64.8 Å². The second-order valence-electron chi connectivity index (χ2n) is 10.3. The van der Waals surface area contributed by atoms with E-state index in [0.29, 0.717) is 22.7 Å². The Morgan fingerprint density at radius 3 is 2.44 bits per heavy atom. The van der Waals surface area contributed by atoms with E-state index in [-0.39, 0.29) is 19.1 Å². The fourth-order valence-electron chi connectivity index (χ4n) is 6.75. The first-order valence-corrected chi connectivity index (χ1v) is 13.5. The number of aliphatic hydroxyl groups is 1. The minimum Gasteiger partial charge on any atom is -0.461 e. The molecule has 2 aromatic carbocycles. The maximum Gasteiger partial charge on any atom is 0.313 e. The summed E-state index contributed by atoms with van der Waals surface area (Å²) in [5.41, 5.74) is -1.27. The van der Waals surface area contributed by atoms with Crippen LogP contribution in [0.5, 0.6) is 0 Å². The number of aliphatic hydroxyl groups excluding tert-OH is 1. The van der Waals surface area contributed by atoms with Crippen molar-refractivity contribution in [1.29, 1.82) is 0 Å². The van der Waals surface area contributed by atoms with Crippen molar-refractivity contribution in [2.75, 3.05) is 24.7 Å². The molecule has 6 atom stereocenters. The molecule has 39 heavy (non-hydrogen) atoms. The number of fused-ring (bicyclic) bond motifs is 2. The van der Waals surface area contributed by atoms with Crippen molar-refractivity contribution in [3.8, 4) is 0 Å². The van der Waals surface area contributed by atoms with E-state index in [2.05, 4.69) is 0 Å². The van der Waals surface area contributed by atoms with Crippen LogP contribution in [0.15, 0.2) is 78.9 Å². The summed E-state index contributed by atoms with van der Waals surface area (Å²) < 4.78 is 12.4. The summed E-state index contributed by atoms with van der Waals surface area (Å²) in [6, 6.07) is 14.0. The second kappa shape index (κ2) is 9.62. The molecule has 1 N–H and O–H groups in total. The van der Waals surface area contributed by atoms with E-state index >= 15 is 0 Å². The number of rotatable bonds is 5. The molecule has 0 aromatic heterocycles. The first-order valence-electron chi connectivity index (χ1n) is 13.1. The smallest absolute Gasteiger partial charge is 0.313 e. The largest absolute Gasteiger partial charge is 0.461 e. The maximum absolute atomic E-state index is 14.6. The SMILES string of the molecule is CC[C@]12C=CCOC(=O)[C@H]1[C@H]1C(=O)N([C@H](CO)c3ccccc3)C3C(=O)N(c4ccc(Cl)cc4)CC=C[C@@]31O2. The Morgan fingerprint density at radius 2 is 1.74 bits per heavy atom. The third-order valence-electron chi connectivity index (χ3n) is 8.46. The van der Waals surface area contributed by atoms with E-state index in [1.807, 2.05) is 49.4 Å². The zero-order valence-corrected chi connectivity index (χ0v) is 22.2. The molecule has 0 radical (unpaired) electrons. The third kappa shape index (κ3) is 3.77. The standard InChI is InChI=1S/C30H29ClN2O6/c1-2-29-14-7-17-38-28(37)24(29)23-26(35)33(22(18-34)19-8-4-3-5-9-19)25-27(36)32(16-6-15-30(23,25)39-29)21-12-10-20(31)11-13-21/h3-15,22-25,34H,2,16-18H2,1H3/t22-,23+,24-,25?,29+,30+/m1/s1. The molecule has 0 bridgehead atoms. The molecule has 1 unspecified atom stereocenters. The molecular weight excluding hydrogens is 520 g/mol. The van der Waals surface area contributed by atoms with Crippen LogP contribution in [0.25, 0.3) is 0 Å². The number of halogens is 1. The van der Waals surface area contributed by atoms with Crippen LogP contribution < -0.4 is 4.90 Å². The Labute approximate surface area is 231 Å². The van der Waals surface area contributed by atoms with Crippen molar-refractivity contribution in [1.82, 2.24) is 4.90 Å². The molecule has 4 heterocycles. The molecule has 202 valence electrons. The van der Waals surface area contributed by atoms with E-state index < -0.39 is 53.6 Å². The van der Waals surface area contributed by atoms with Crippen molar-refractivity contribution in [3.63, 3.8) is 0 Å². The van der Waals surface area contributed by atoms with Crippen LogP contribution >= 0.6 is 11.6 Å². The van der Waals surface area contributed by atoms with Crippen LogP contribution in [0.2, 0.25) is 5.02 Å². The molecule has 8 nitrogen and oxygen atoms in total. The van der Waals surface area contributed by atoms with Crippen molar-refractivity contribution in [2.24, 2.45) is 11.8 Å². The zero-order valence-electron chi connectivity index (χ0n) is 21.4. The number of anilines is 1. The van der Waals surface area contributed by atoms with Gasteiger partial charge in [0, 0.05) is 17.3 Å². The molecule has 4 aliphatic heterocycles. The average molecular weight is 549 g/mol. The predicted octanol–water partition coefficient (Wildman–Crippen LogP) is 3.45. The first-order chi connectivity index (χ1) is 18.9. The Hall–Kier alpha value is -3.46. The highest BCUT2D eigenvalue weighted by atomic mass is 35.5. The molecule has 2 saturated heterocycles. The first kappa shape index (κ1) is 25.8. The monoisotopic (exact) mass is 548 g/mol. The summed E-state index contributed by atoms with van der Waals surface area (Å²) in [5, 5.41) is 11.1. The van der Waals surface area contributed by atoms with Crippen LogP contribution in [0.1, 0.15) is 24.9 Å². The highest BCUT2D eigenvalue weighted by Crippen LogP contribution is 2.59. The highest BCUT2D eigenvalue weighted by molar-refractivity contribution is 6.30. The van der Waals surface area contributed by atoms with Gasteiger partial charge in [-0.1, -0.05) is 67.1 Å². The lowest BCUT2D eigenvalue weighted by atomic mass is 9.73. The molecule has 4 aliphatic rings. The summed E-state index contributed by atoms with van der Waals surface area (Å²) in [7, 11) is 0. The Kier molecular flexibility index (Phi) is 6.37. The minimum atomic E-state index is -1.45. The molecule has 2 aromatic rings. The van der Waals surface area contributed by atoms with Crippen LogP contribution in [-0.2, 0) is 23.9 Å². The molecular formula is C30H29ClN2O6. The van der Waals surface area contributed by atoms with E-state index in [1.54, 1.807) is 41.3 Å². The van der Waals surface area contributed by atoms with E-state index in [4.69, 9.17) is 21.1 Å². The maximum atomic E-state index is 14.6. The quantitative estimate of drug-likeness (QED) is 0.454. The number of ether oxygens (including phenoxy) is 2. The van der Waals surface area contributed by atoms with Crippen LogP contribution in [0.3, 0.4) is 0 Å². The van der Waals surface area contributed by atoms with Gasteiger partial charge in [-0.3, -0.25) is 14.4 Å². The molecule has 0 aliphatic carbocycles. The number of likely N-dealkylation sites (tertiary alicyclic amines) is 1. The lowest BCUT2D eigenvalue weighted by Gasteiger charge is -2.40. The van der Waals surface area contributed by atoms with Crippen LogP contribution in [0.4, 0.5) is 5.69 Å². The van der Waals surface area contributed by atoms with Gasteiger partial charge in [0.1, 0.15) is 29.8 Å². The van der Waals surface area contributed by atoms with Crippen molar-refractivity contribution in [2.45, 2.75) is 36.6 Å². The summed E-state index contributed by atoms with van der Waals surface area (Å²) in [4.78, 5) is 45.5. The average Bonchev–Trinajstić information content (AvgIpc) is 3.22. The fourth-order valence-corrected chi connectivity index (χ4v) is 6.88. The number of nitrogens with zero attached hydrogens (tertiary/aromatic N) is 2. The Morgan fingerprint density at radius 1 is 1.00 bits per heavy atom. The molecule has 1 spiro atoms. The van der Waals surface area contributed by atoms with Gasteiger partial charge in [-0.05, 0) is 42.3 Å². The molecule has 2 fully saturated rings. The fraction of sp³-hybridized carbons (Fsp3) is 0.367. The van der Waals surface area contributed by atoms with Crippen molar-refractivity contribution in [3.05, 3.63) is 89.5 Å². The van der Waals surface area contributed by atoms with E-state index in [1.165, 1.54) is 4.90 Å².